The van der Waals surface area contributed by atoms with Gasteiger partial charge in [0.2, 0.25) is 0 Å². The second-order valence-electron chi connectivity index (χ2n) is 5.05. The van der Waals surface area contributed by atoms with Gasteiger partial charge < -0.3 is 14.7 Å². The molecule has 114 valence electrons. The minimum absolute atomic E-state index is 0.115. The molecule has 1 aromatic rings. The first-order valence-electron chi connectivity index (χ1n) is 7.24. The van der Waals surface area contributed by atoms with Gasteiger partial charge in [-0.25, -0.2) is 9.78 Å². The lowest BCUT2D eigenvalue weighted by Gasteiger charge is -2.29. The molecule has 1 aromatic heterocycles. The van der Waals surface area contributed by atoms with Crippen molar-refractivity contribution in [2.24, 2.45) is 0 Å². The van der Waals surface area contributed by atoms with E-state index in [0.717, 1.165) is 25.7 Å². The minimum Gasteiger partial charge on any atom is -0.480 e. The summed E-state index contributed by atoms with van der Waals surface area (Å²) >= 11 is 0. The third-order valence-electron chi connectivity index (χ3n) is 3.63. The Labute approximate surface area is 123 Å². The van der Waals surface area contributed by atoms with Crippen molar-refractivity contribution in [2.45, 2.75) is 38.6 Å². The van der Waals surface area contributed by atoms with Crippen LogP contribution in [-0.2, 0) is 9.53 Å². The third kappa shape index (κ3) is 3.71. The topological polar surface area (TPSA) is 79.7 Å². The van der Waals surface area contributed by atoms with Crippen molar-refractivity contribution in [1.29, 1.82) is 0 Å². The summed E-state index contributed by atoms with van der Waals surface area (Å²) in [5, 5.41) is 9.15. The van der Waals surface area contributed by atoms with Crippen LogP contribution in [0.5, 0.6) is 0 Å². The molecule has 21 heavy (non-hydrogen) atoms. The molecular formula is C15H20N2O4. The van der Waals surface area contributed by atoms with Crippen LogP contribution < -0.4 is 4.90 Å². The normalized spacial score (nSPS) is 14.9. The third-order valence-corrected chi connectivity index (χ3v) is 3.63. The standard InChI is InChI=1S/C15H20N2O4/c1-2-21-15(20)12-8-5-9-16-14(12)17(10-13(18)19)11-6-3-4-7-11/h5,8-9,11H,2-4,6-7,10H2,1H3,(H,18,19). The maximum Gasteiger partial charge on any atom is 0.341 e. The van der Waals surface area contributed by atoms with Crippen LogP contribution in [0.3, 0.4) is 0 Å². The Balaban J connectivity index is 2.34. The second-order valence-corrected chi connectivity index (χ2v) is 5.05. The summed E-state index contributed by atoms with van der Waals surface area (Å²) in [6.07, 6.45) is 5.56. The van der Waals surface area contributed by atoms with Crippen molar-refractivity contribution in [1.82, 2.24) is 4.98 Å². The van der Waals surface area contributed by atoms with Gasteiger partial charge in [0.15, 0.2) is 0 Å². The smallest absolute Gasteiger partial charge is 0.341 e. The number of esters is 1. The SMILES string of the molecule is CCOC(=O)c1cccnc1N(CC(=O)O)C1CCCC1. The molecule has 0 spiro atoms. The van der Waals surface area contributed by atoms with Crippen LogP contribution >= 0.6 is 0 Å². The van der Waals surface area contributed by atoms with Gasteiger partial charge in [0, 0.05) is 12.2 Å². The van der Waals surface area contributed by atoms with E-state index in [4.69, 9.17) is 9.84 Å². The molecule has 0 aromatic carbocycles. The maximum atomic E-state index is 12.0. The molecule has 2 rings (SSSR count). The van der Waals surface area contributed by atoms with E-state index in [0.29, 0.717) is 11.4 Å². The summed E-state index contributed by atoms with van der Waals surface area (Å²) < 4.78 is 5.03. The lowest BCUT2D eigenvalue weighted by molar-refractivity contribution is -0.135. The number of carboxylic acid groups (broad SMARTS) is 1. The highest BCUT2D eigenvalue weighted by Crippen LogP contribution is 2.29. The Kier molecular flexibility index (Phi) is 5.14. The fraction of sp³-hybridized carbons (Fsp3) is 0.533. The average molecular weight is 292 g/mol. The van der Waals surface area contributed by atoms with Gasteiger partial charge in [-0.15, -0.1) is 0 Å². The number of nitrogens with zero attached hydrogens (tertiary/aromatic N) is 2. The number of hydrogen-bond acceptors (Lipinski definition) is 5. The molecular weight excluding hydrogens is 272 g/mol. The molecule has 1 aliphatic rings. The fourth-order valence-corrected chi connectivity index (χ4v) is 2.73. The van der Waals surface area contributed by atoms with Crippen LogP contribution in [0.1, 0.15) is 43.0 Å². The number of ether oxygens (including phenoxy) is 1. The molecule has 1 saturated carbocycles. The number of carboxylic acids is 1. The fourth-order valence-electron chi connectivity index (χ4n) is 2.73. The Morgan fingerprint density at radius 3 is 2.76 bits per heavy atom. The van der Waals surface area contributed by atoms with Crippen molar-refractivity contribution in [3.05, 3.63) is 23.9 Å². The second kappa shape index (κ2) is 7.06. The van der Waals surface area contributed by atoms with E-state index < -0.39 is 11.9 Å². The number of carbonyl (C=O) groups is 2. The van der Waals surface area contributed by atoms with Crippen LogP contribution in [0.4, 0.5) is 5.82 Å². The molecule has 1 heterocycles. The van der Waals surface area contributed by atoms with Gasteiger partial charge in [0.25, 0.3) is 0 Å². The predicted octanol–water partition coefficient (Wildman–Crippen LogP) is 2.09. The highest BCUT2D eigenvalue weighted by Gasteiger charge is 2.28. The summed E-state index contributed by atoms with van der Waals surface area (Å²) in [4.78, 5) is 29.2. The number of aromatic nitrogens is 1. The van der Waals surface area contributed by atoms with Crippen LogP contribution in [0.25, 0.3) is 0 Å². The number of rotatable bonds is 6. The Bertz CT molecular complexity index is 512. The molecule has 1 fully saturated rings. The number of hydrogen-bond donors (Lipinski definition) is 1. The van der Waals surface area contributed by atoms with E-state index in [1.807, 2.05) is 0 Å². The number of carbonyl (C=O) groups excluding carboxylic acids is 1. The first-order chi connectivity index (χ1) is 10.1. The van der Waals surface area contributed by atoms with E-state index in [9.17, 15) is 9.59 Å². The lowest BCUT2D eigenvalue weighted by Crippen LogP contribution is -2.39. The van der Waals surface area contributed by atoms with Crippen molar-refractivity contribution in [3.8, 4) is 0 Å². The summed E-state index contributed by atoms with van der Waals surface area (Å²) in [6, 6.07) is 3.40. The first kappa shape index (κ1) is 15.3. The first-order valence-corrected chi connectivity index (χ1v) is 7.24. The highest BCUT2D eigenvalue weighted by atomic mass is 16.5. The van der Waals surface area contributed by atoms with Crippen LogP contribution in [-0.4, -0.2) is 41.2 Å². The molecule has 1 aliphatic carbocycles. The Morgan fingerprint density at radius 2 is 2.14 bits per heavy atom. The van der Waals surface area contributed by atoms with E-state index in [1.165, 1.54) is 0 Å². The molecule has 0 unspecified atom stereocenters. The predicted molar refractivity (Wildman–Crippen MR) is 77.4 cm³/mol. The zero-order chi connectivity index (χ0) is 15.2. The highest BCUT2D eigenvalue weighted by molar-refractivity contribution is 5.95. The molecule has 0 saturated heterocycles. The van der Waals surface area contributed by atoms with Crippen molar-refractivity contribution in [2.75, 3.05) is 18.1 Å². The van der Waals surface area contributed by atoms with Crippen molar-refractivity contribution in [3.63, 3.8) is 0 Å². The van der Waals surface area contributed by atoms with Gasteiger partial charge in [-0.2, -0.15) is 0 Å². The molecule has 0 atom stereocenters. The molecule has 0 radical (unpaired) electrons. The zero-order valence-corrected chi connectivity index (χ0v) is 12.1. The summed E-state index contributed by atoms with van der Waals surface area (Å²) in [7, 11) is 0. The minimum atomic E-state index is -0.928. The van der Waals surface area contributed by atoms with Gasteiger partial charge in [0.1, 0.15) is 17.9 Å². The van der Waals surface area contributed by atoms with Crippen LogP contribution in [0.15, 0.2) is 18.3 Å². The molecule has 6 nitrogen and oxygen atoms in total. The quantitative estimate of drug-likeness (QED) is 0.809. The van der Waals surface area contributed by atoms with Crippen LogP contribution in [0.2, 0.25) is 0 Å². The molecule has 6 heteroatoms. The van der Waals surface area contributed by atoms with E-state index in [1.54, 1.807) is 30.2 Å². The number of aliphatic carboxylic acids is 1. The molecule has 0 aliphatic heterocycles. The van der Waals surface area contributed by atoms with Crippen molar-refractivity contribution >= 4 is 17.8 Å². The van der Waals surface area contributed by atoms with E-state index >= 15 is 0 Å². The Morgan fingerprint density at radius 1 is 1.43 bits per heavy atom. The van der Waals surface area contributed by atoms with Gasteiger partial charge >= 0.3 is 11.9 Å². The average Bonchev–Trinajstić information content (AvgIpc) is 2.99. The number of anilines is 1. The maximum absolute atomic E-state index is 12.0. The summed E-state index contributed by atoms with van der Waals surface area (Å²) in [5.74, 6) is -0.985. The summed E-state index contributed by atoms with van der Waals surface area (Å²) in [5.41, 5.74) is 0.326. The summed E-state index contributed by atoms with van der Waals surface area (Å²) in [6.45, 7) is 1.85. The van der Waals surface area contributed by atoms with Gasteiger partial charge in [0.05, 0.1) is 6.61 Å². The number of pyridine rings is 1. The monoisotopic (exact) mass is 292 g/mol. The lowest BCUT2D eigenvalue weighted by atomic mass is 10.1. The molecule has 0 amide bonds. The van der Waals surface area contributed by atoms with E-state index in [2.05, 4.69) is 4.98 Å². The van der Waals surface area contributed by atoms with Gasteiger partial charge in [-0.1, -0.05) is 12.8 Å². The molecule has 1 N–H and O–H groups in total. The van der Waals surface area contributed by atoms with E-state index in [-0.39, 0.29) is 19.2 Å². The van der Waals surface area contributed by atoms with Gasteiger partial charge in [-0.3, -0.25) is 4.79 Å². The van der Waals surface area contributed by atoms with Crippen LogP contribution in [0, 0.1) is 0 Å². The van der Waals surface area contributed by atoms with Crippen molar-refractivity contribution < 1.29 is 19.4 Å². The van der Waals surface area contributed by atoms with Gasteiger partial charge in [-0.05, 0) is 31.9 Å². The molecule has 0 bridgehead atoms. The largest absolute Gasteiger partial charge is 0.480 e. The zero-order valence-electron chi connectivity index (χ0n) is 12.1. The Hall–Kier alpha value is -2.11.